The van der Waals surface area contributed by atoms with Crippen molar-refractivity contribution >= 4 is 17.7 Å². The molecule has 0 amide bonds. The Morgan fingerprint density at radius 1 is 1.33 bits per heavy atom. The third-order valence-corrected chi connectivity index (χ3v) is 2.90. The Hall–Kier alpha value is -2.02. The van der Waals surface area contributed by atoms with Crippen LogP contribution in [0.4, 0.5) is 4.39 Å². The first-order chi connectivity index (χ1) is 8.58. The van der Waals surface area contributed by atoms with Gasteiger partial charge in [-0.3, -0.25) is 0 Å². The Balaban J connectivity index is 2.32. The molecule has 2 aromatic rings. The summed E-state index contributed by atoms with van der Waals surface area (Å²) in [5.41, 5.74) is 0.465. The van der Waals surface area contributed by atoms with Crippen LogP contribution in [0.15, 0.2) is 34.8 Å². The maximum Gasteiger partial charge on any atom is 0.338 e. The molecule has 18 heavy (non-hydrogen) atoms. The molecule has 0 aliphatic carbocycles. The highest BCUT2D eigenvalue weighted by molar-refractivity contribution is 7.99. The zero-order valence-corrected chi connectivity index (χ0v) is 10.1. The summed E-state index contributed by atoms with van der Waals surface area (Å²) in [4.78, 5) is 22.5. The van der Waals surface area contributed by atoms with Gasteiger partial charge in [0.05, 0.1) is 5.56 Å². The van der Waals surface area contributed by atoms with Crippen LogP contribution >= 0.6 is 11.8 Å². The number of aryl methyl sites for hydroxylation is 1. The third-order valence-electron chi connectivity index (χ3n) is 2.03. The Morgan fingerprint density at radius 2 is 2.00 bits per heavy atom. The molecular weight excluding hydrogens is 257 g/mol. The predicted molar refractivity (Wildman–Crippen MR) is 62.0 cm³/mol. The van der Waals surface area contributed by atoms with Gasteiger partial charge in [0.1, 0.15) is 5.03 Å². The summed E-state index contributed by atoms with van der Waals surface area (Å²) >= 11 is 0.883. The van der Waals surface area contributed by atoms with Gasteiger partial charge in [-0.25, -0.2) is 24.1 Å². The largest absolute Gasteiger partial charge is 0.478 e. The molecule has 0 spiro atoms. The number of carboxylic acid groups (broad SMARTS) is 1. The lowest BCUT2D eigenvalue weighted by atomic mass is 10.3. The zero-order valence-electron chi connectivity index (χ0n) is 9.29. The first-order valence-corrected chi connectivity index (χ1v) is 5.74. The van der Waals surface area contributed by atoms with Crippen molar-refractivity contribution < 1.29 is 14.3 Å². The number of pyridine rings is 1. The highest BCUT2D eigenvalue weighted by Crippen LogP contribution is 2.26. The first-order valence-electron chi connectivity index (χ1n) is 4.92. The van der Waals surface area contributed by atoms with E-state index in [2.05, 4.69) is 15.0 Å². The minimum atomic E-state index is -1.33. The van der Waals surface area contributed by atoms with Crippen LogP contribution in [0.2, 0.25) is 0 Å². The zero-order chi connectivity index (χ0) is 13.1. The molecule has 0 saturated carbocycles. The van der Waals surface area contributed by atoms with Crippen LogP contribution in [0.3, 0.4) is 0 Å². The number of aromatic nitrogens is 3. The van der Waals surface area contributed by atoms with E-state index in [0.717, 1.165) is 23.4 Å². The monoisotopic (exact) mass is 265 g/mol. The molecule has 92 valence electrons. The molecule has 0 aliphatic rings. The van der Waals surface area contributed by atoms with E-state index >= 15 is 0 Å². The van der Waals surface area contributed by atoms with Gasteiger partial charge < -0.3 is 5.11 Å². The summed E-state index contributed by atoms with van der Waals surface area (Å²) in [5.74, 6) is -2.21. The molecular formula is C11H8FN3O2S. The van der Waals surface area contributed by atoms with Crippen molar-refractivity contribution in [3.8, 4) is 0 Å². The van der Waals surface area contributed by atoms with Crippen molar-refractivity contribution in [2.75, 3.05) is 0 Å². The van der Waals surface area contributed by atoms with Crippen LogP contribution in [-0.4, -0.2) is 26.0 Å². The fraction of sp³-hybridized carbons (Fsp3) is 0.0909. The van der Waals surface area contributed by atoms with E-state index in [1.165, 1.54) is 6.20 Å². The summed E-state index contributed by atoms with van der Waals surface area (Å²) in [6.07, 6.45) is 4.42. The normalized spacial score (nSPS) is 10.3. The molecule has 2 rings (SSSR count). The number of aromatic carboxylic acids is 1. The topological polar surface area (TPSA) is 76.0 Å². The summed E-state index contributed by atoms with van der Waals surface area (Å²) in [7, 11) is 0. The van der Waals surface area contributed by atoms with E-state index in [4.69, 9.17) is 5.11 Å². The van der Waals surface area contributed by atoms with E-state index < -0.39 is 17.3 Å². The molecule has 0 radical (unpaired) electrons. The van der Waals surface area contributed by atoms with Crippen LogP contribution < -0.4 is 0 Å². The number of halogens is 1. The fourth-order valence-electron chi connectivity index (χ4n) is 1.18. The van der Waals surface area contributed by atoms with E-state index in [1.54, 1.807) is 12.4 Å². The average Bonchev–Trinajstić information content (AvgIpc) is 2.34. The molecule has 0 bridgehead atoms. The Kier molecular flexibility index (Phi) is 3.52. The van der Waals surface area contributed by atoms with Gasteiger partial charge in [0.25, 0.3) is 0 Å². The van der Waals surface area contributed by atoms with Crippen molar-refractivity contribution in [3.05, 3.63) is 41.6 Å². The van der Waals surface area contributed by atoms with Crippen molar-refractivity contribution in [1.82, 2.24) is 15.0 Å². The fourth-order valence-corrected chi connectivity index (χ4v) is 1.88. The lowest BCUT2D eigenvalue weighted by molar-refractivity contribution is 0.0691. The minimum absolute atomic E-state index is 0.0567. The average molecular weight is 265 g/mol. The Morgan fingerprint density at radius 3 is 2.61 bits per heavy atom. The maximum atomic E-state index is 13.8. The molecule has 2 heterocycles. The molecule has 0 aromatic carbocycles. The minimum Gasteiger partial charge on any atom is -0.478 e. The van der Waals surface area contributed by atoms with Crippen LogP contribution in [0, 0.1) is 12.7 Å². The van der Waals surface area contributed by atoms with E-state index in [9.17, 15) is 9.18 Å². The number of nitrogens with zero attached hydrogens (tertiary/aromatic N) is 3. The molecule has 0 atom stereocenters. The summed E-state index contributed by atoms with van der Waals surface area (Å²) < 4.78 is 13.8. The van der Waals surface area contributed by atoms with Gasteiger partial charge in [0.2, 0.25) is 0 Å². The summed E-state index contributed by atoms with van der Waals surface area (Å²) in [5, 5.41) is 9.04. The smallest absolute Gasteiger partial charge is 0.338 e. The first kappa shape index (κ1) is 12.4. The Labute approximate surface area is 106 Å². The van der Waals surface area contributed by atoms with Gasteiger partial charge in [0.15, 0.2) is 11.0 Å². The van der Waals surface area contributed by atoms with Crippen molar-refractivity contribution in [1.29, 1.82) is 0 Å². The van der Waals surface area contributed by atoms with Gasteiger partial charge in [-0.15, -0.1) is 0 Å². The van der Waals surface area contributed by atoms with Crippen LogP contribution in [-0.2, 0) is 0 Å². The lowest BCUT2D eigenvalue weighted by Gasteiger charge is -2.03. The predicted octanol–water partition coefficient (Wildman–Crippen LogP) is 2.17. The highest BCUT2D eigenvalue weighted by Gasteiger charge is 2.16. The van der Waals surface area contributed by atoms with Crippen LogP contribution in [0.1, 0.15) is 15.9 Å². The van der Waals surface area contributed by atoms with Gasteiger partial charge >= 0.3 is 5.97 Å². The SMILES string of the molecule is Cc1cnc(Sc2nccc(C(=O)O)c2F)nc1. The van der Waals surface area contributed by atoms with Gasteiger partial charge in [-0.1, -0.05) is 0 Å². The summed E-state index contributed by atoms with van der Waals surface area (Å²) in [6.45, 7) is 1.83. The van der Waals surface area contributed by atoms with E-state index in [1.807, 2.05) is 6.92 Å². The Bertz CT molecular complexity index is 589. The second kappa shape index (κ2) is 5.09. The van der Waals surface area contributed by atoms with E-state index in [0.29, 0.717) is 5.16 Å². The van der Waals surface area contributed by atoms with Gasteiger partial charge in [-0.05, 0) is 30.3 Å². The standard InChI is InChI=1S/C11H8FN3O2S/c1-6-4-14-11(15-5-6)18-9-8(12)7(10(16)17)2-3-13-9/h2-5H,1H3,(H,16,17). The second-order valence-corrected chi connectivity index (χ2v) is 4.38. The molecule has 2 aromatic heterocycles. The number of hydrogen-bond donors (Lipinski definition) is 1. The molecule has 0 unspecified atom stereocenters. The molecule has 5 nitrogen and oxygen atoms in total. The van der Waals surface area contributed by atoms with Crippen LogP contribution in [0.25, 0.3) is 0 Å². The number of hydrogen-bond acceptors (Lipinski definition) is 5. The second-order valence-electron chi connectivity index (χ2n) is 3.43. The molecule has 0 aliphatic heterocycles. The number of carboxylic acids is 1. The van der Waals surface area contributed by atoms with Gasteiger partial charge in [0, 0.05) is 18.6 Å². The summed E-state index contributed by atoms with van der Waals surface area (Å²) in [6, 6.07) is 1.11. The third kappa shape index (κ3) is 2.62. The molecule has 7 heteroatoms. The van der Waals surface area contributed by atoms with Crippen molar-refractivity contribution in [2.45, 2.75) is 17.1 Å². The lowest BCUT2D eigenvalue weighted by Crippen LogP contribution is -2.03. The molecule has 0 saturated heterocycles. The van der Waals surface area contributed by atoms with Crippen LogP contribution in [0.5, 0.6) is 0 Å². The quantitative estimate of drug-likeness (QED) is 0.857. The molecule has 1 N–H and O–H groups in total. The van der Waals surface area contributed by atoms with Crippen molar-refractivity contribution in [3.63, 3.8) is 0 Å². The number of rotatable bonds is 3. The van der Waals surface area contributed by atoms with Crippen molar-refractivity contribution in [2.24, 2.45) is 0 Å². The molecule has 0 fully saturated rings. The number of carbonyl (C=O) groups is 1. The van der Waals surface area contributed by atoms with Gasteiger partial charge in [-0.2, -0.15) is 0 Å². The highest BCUT2D eigenvalue weighted by atomic mass is 32.2. The maximum absolute atomic E-state index is 13.8. The van der Waals surface area contributed by atoms with E-state index in [-0.39, 0.29) is 5.03 Å².